The van der Waals surface area contributed by atoms with Gasteiger partial charge in [-0.1, -0.05) is 11.8 Å². The van der Waals surface area contributed by atoms with Gasteiger partial charge in [0.2, 0.25) is 0 Å². The molecule has 7 nitrogen and oxygen atoms in total. The molecule has 11 heteroatoms. The molecule has 4 rings (SSSR count). The van der Waals surface area contributed by atoms with Gasteiger partial charge in [0.15, 0.2) is 11.6 Å². The number of hydrogen-bond acceptors (Lipinski definition) is 7. The van der Waals surface area contributed by atoms with Crippen molar-refractivity contribution in [2.24, 2.45) is 0 Å². The summed E-state index contributed by atoms with van der Waals surface area (Å²) >= 11 is 1.28. The predicted molar refractivity (Wildman–Crippen MR) is 97.2 cm³/mol. The van der Waals surface area contributed by atoms with E-state index in [0.29, 0.717) is 33.8 Å². The Morgan fingerprint density at radius 1 is 1.07 bits per heavy atom. The van der Waals surface area contributed by atoms with Crippen molar-refractivity contribution in [3.63, 3.8) is 0 Å². The van der Waals surface area contributed by atoms with E-state index in [1.54, 1.807) is 30.5 Å². The Morgan fingerprint density at radius 2 is 1.83 bits per heavy atom. The van der Waals surface area contributed by atoms with Gasteiger partial charge in [-0.3, -0.25) is 0 Å². The summed E-state index contributed by atoms with van der Waals surface area (Å²) in [5.41, 5.74) is 1.30. The van der Waals surface area contributed by atoms with Gasteiger partial charge in [-0.2, -0.15) is 13.5 Å². The van der Waals surface area contributed by atoms with Gasteiger partial charge in [-0.25, -0.2) is 9.37 Å². The van der Waals surface area contributed by atoms with Crippen LogP contribution in [-0.4, -0.2) is 31.8 Å². The van der Waals surface area contributed by atoms with Crippen LogP contribution in [0.15, 0.2) is 64.4 Å². The van der Waals surface area contributed by atoms with Crippen LogP contribution in [0.3, 0.4) is 0 Å². The van der Waals surface area contributed by atoms with E-state index in [1.807, 2.05) is 0 Å². The van der Waals surface area contributed by atoms with Crippen molar-refractivity contribution in [1.29, 1.82) is 0 Å². The molecule has 29 heavy (non-hydrogen) atoms. The van der Waals surface area contributed by atoms with Gasteiger partial charge in [0.1, 0.15) is 11.6 Å². The number of thioether (sulfide) groups is 1. The fourth-order valence-corrected chi connectivity index (χ4v) is 3.17. The van der Waals surface area contributed by atoms with Crippen molar-refractivity contribution < 1.29 is 22.3 Å². The lowest BCUT2D eigenvalue weighted by Gasteiger charge is -2.06. The lowest BCUT2D eigenvalue weighted by Crippen LogP contribution is -2.04. The molecule has 2 heterocycles. The summed E-state index contributed by atoms with van der Waals surface area (Å²) in [7, 11) is 0. The van der Waals surface area contributed by atoms with Crippen LogP contribution >= 0.6 is 11.8 Å². The highest BCUT2D eigenvalue weighted by Crippen LogP contribution is 2.27. The van der Waals surface area contributed by atoms with Gasteiger partial charge in [0.25, 0.3) is 5.22 Å². The van der Waals surface area contributed by atoms with Gasteiger partial charge in [0, 0.05) is 5.56 Å². The molecule has 0 radical (unpaired) electrons. The average molecular weight is 419 g/mol. The van der Waals surface area contributed by atoms with Crippen LogP contribution in [0.1, 0.15) is 5.82 Å². The summed E-state index contributed by atoms with van der Waals surface area (Å²) in [5, 5.41) is 11.9. The largest absolute Gasteiger partial charge is 0.435 e. The van der Waals surface area contributed by atoms with Crippen molar-refractivity contribution in [2.45, 2.75) is 17.6 Å². The molecule has 148 valence electrons. The molecular weight excluding hydrogens is 407 g/mol. The number of ether oxygens (including phenoxy) is 1. The average Bonchev–Trinajstić information content (AvgIpc) is 3.36. The Hall–Kier alpha value is -3.34. The predicted octanol–water partition coefficient (Wildman–Crippen LogP) is 4.35. The van der Waals surface area contributed by atoms with E-state index in [4.69, 9.17) is 4.42 Å². The Morgan fingerprint density at radius 3 is 2.55 bits per heavy atom. The van der Waals surface area contributed by atoms with Crippen molar-refractivity contribution in [2.75, 3.05) is 0 Å². The summed E-state index contributed by atoms with van der Waals surface area (Å²) in [4.78, 5) is 4.19. The normalized spacial score (nSPS) is 11.2. The number of alkyl halides is 2. The molecule has 0 aliphatic heterocycles. The molecule has 0 unspecified atom stereocenters. The second kappa shape index (κ2) is 8.35. The molecule has 0 aliphatic carbocycles. The summed E-state index contributed by atoms with van der Waals surface area (Å²) in [6.45, 7) is -2.89. The molecule has 0 aliphatic rings. The van der Waals surface area contributed by atoms with Crippen LogP contribution < -0.4 is 4.74 Å². The van der Waals surface area contributed by atoms with E-state index in [2.05, 4.69) is 25.2 Å². The van der Waals surface area contributed by atoms with E-state index in [1.165, 1.54) is 40.7 Å². The third-order valence-electron chi connectivity index (χ3n) is 3.78. The molecule has 0 fully saturated rings. The number of benzene rings is 2. The number of nitrogens with zero attached hydrogens (tertiary/aromatic N) is 5. The van der Waals surface area contributed by atoms with Crippen molar-refractivity contribution in [3.05, 3.63) is 66.4 Å². The summed E-state index contributed by atoms with van der Waals surface area (Å²) < 4.78 is 49.0. The molecule has 0 amide bonds. The Labute approximate surface area is 166 Å². The molecule has 0 atom stereocenters. The minimum absolute atomic E-state index is 0.0425. The SMILES string of the molecule is Fc1ccc(-c2cnc(SCc3nnnn3-c3ccc(OC(F)F)cc3)o2)cc1. The maximum absolute atomic E-state index is 13.0. The molecule has 0 N–H and O–H groups in total. The molecule has 0 spiro atoms. The number of hydrogen-bond donors (Lipinski definition) is 0. The lowest BCUT2D eigenvalue weighted by atomic mass is 10.2. The molecular formula is C18H12F3N5O2S. The fourth-order valence-electron chi connectivity index (χ4n) is 2.46. The second-order valence-corrected chi connectivity index (χ2v) is 6.59. The summed E-state index contributed by atoms with van der Waals surface area (Å²) in [6.07, 6.45) is 1.56. The summed E-state index contributed by atoms with van der Waals surface area (Å²) in [5.74, 6) is 1.09. The van der Waals surface area contributed by atoms with Gasteiger partial charge in [0.05, 0.1) is 17.6 Å². The quantitative estimate of drug-likeness (QED) is 0.412. The van der Waals surface area contributed by atoms with Gasteiger partial charge >= 0.3 is 6.61 Å². The third-order valence-corrected chi connectivity index (χ3v) is 4.62. The van der Waals surface area contributed by atoms with Crippen LogP contribution in [0, 0.1) is 5.82 Å². The number of oxazole rings is 1. The van der Waals surface area contributed by atoms with E-state index in [9.17, 15) is 13.2 Å². The van der Waals surface area contributed by atoms with Crippen LogP contribution in [0.25, 0.3) is 17.0 Å². The van der Waals surface area contributed by atoms with Crippen molar-refractivity contribution >= 4 is 11.8 Å². The van der Waals surface area contributed by atoms with Crippen LogP contribution in [0.4, 0.5) is 13.2 Å². The molecule has 0 saturated heterocycles. The molecule has 2 aromatic heterocycles. The number of aromatic nitrogens is 5. The standard InChI is InChI=1S/C18H12F3N5O2S/c19-12-3-1-11(2-4-12)15-9-22-18(28-15)29-10-16-23-24-25-26(16)13-5-7-14(8-6-13)27-17(20)21/h1-9,17H,10H2. The highest BCUT2D eigenvalue weighted by Gasteiger charge is 2.13. The zero-order chi connectivity index (χ0) is 20.2. The maximum atomic E-state index is 13.0. The first-order valence-electron chi connectivity index (χ1n) is 8.25. The first-order chi connectivity index (χ1) is 14.1. The zero-order valence-electron chi connectivity index (χ0n) is 14.6. The van der Waals surface area contributed by atoms with Gasteiger partial charge in [-0.15, -0.1) is 5.10 Å². The Balaban J connectivity index is 1.44. The molecule has 0 saturated carbocycles. The first-order valence-corrected chi connectivity index (χ1v) is 9.24. The first kappa shape index (κ1) is 19.0. The zero-order valence-corrected chi connectivity index (χ0v) is 15.4. The van der Waals surface area contributed by atoms with Gasteiger partial charge in [-0.05, 0) is 59.0 Å². The van der Waals surface area contributed by atoms with Crippen LogP contribution in [0.2, 0.25) is 0 Å². The summed E-state index contributed by atoms with van der Waals surface area (Å²) in [6, 6.07) is 11.8. The highest BCUT2D eigenvalue weighted by molar-refractivity contribution is 7.98. The van der Waals surface area contributed by atoms with Gasteiger partial charge < -0.3 is 9.15 Å². The topological polar surface area (TPSA) is 78.9 Å². The molecule has 0 bridgehead atoms. The van der Waals surface area contributed by atoms with Crippen LogP contribution in [0.5, 0.6) is 5.75 Å². The third kappa shape index (κ3) is 4.57. The maximum Gasteiger partial charge on any atom is 0.387 e. The number of tetrazole rings is 1. The number of halogens is 3. The van der Waals surface area contributed by atoms with Crippen molar-refractivity contribution in [3.8, 4) is 22.8 Å². The second-order valence-electron chi connectivity index (χ2n) is 5.67. The Bertz CT molecular complexity index is 1080. The van der Waals surface area contributed by atoms with E-state index < -0.39 is 6.61 Å². The fraction of sp³-hybridized carbons (Fsp3) is 0.111. The molecule has 2 aromatic carbocycles. The number of rotatable bonds is 7. The minimum Gasteiger partial charge on any atom is -0.435 e. The molecule has 4 aromatic rings. The monoisotopic (exact) mass is 419 g/mol. The Kier molecular flexibility index (Phi) is 5.47. The highest BCUT2D eigenvalue weighted by atomic mass is 32.2. The smallest absolute Gasteiger partial charge is 0.387 e. The van der Waals surface area contributed by atoms with Crippen molar-refractivity contribution in [1.82, 2.24) is 25.2 Å². The van der Waals surface area contributed by atoms with E-state index >= 15 is 0 Å². The minimum atomic E-state index is -2.89. The van der Waals surface area contributed by atoms with E-state index in [0.717, 1.165) is 0 Å². The van der Waals surface area contributed by atoms with Crippen LogP contribution in [-0.2, 0) is 5.75 Å². The van der Waals surface area contributed by atoms with E-state index in [-0.39, 0.29) is 11.6 Å². The lowest BCUT2D eigenvalue weighted by molar-refractivity contribution is -0.0498.